The average Bonchev–Trinajstić information content (AvgIpc) is 3.03. The van der Waals surface area contributed by atoms with Crippen LogP contribution >= 0.6 is 23.5 Å². The Bertz CT molecular complexity index is 1050. The summed E-state index contributed by atoms with van der Waals surface area (Å²) < 4.78 is 38.1. The van der Waals surface area contributed by atoms with Crippen LogP contribution in [0, 0.1) is 11.2 Å². The molecule has 0 radical (unpaired) electrons. The maximum Gasteiger partial charge on any atom is 0.370 e. The van der Waals surface area contributed by atoms with Gasteiger partial charge in [0.05, 0.1) is 17.2 Å². The fourth-order valence-corrected chi connectivity index (χ4v) is 6.06. The molecule has 2 aromatic rings. The van der Waals surface area contributed by atoms with E-state index in [2.05, 4.69) is 23.5 Å². The number of benzene rings is 2. The summed E-state index contributed by atoms with van der Waals surface area (Å²) in [6, 6.07) is 10.5. The van der Waals surface area contributed by atoms with Gasteiger partial charge in [0.15, 0.2) is 0 Å². The van der Waals surface area contributed by atoms with Crippen LogP contribution in [0.4, 0.5) is 20.2 Å². The predicted molar refractivity (Wildman–Crippen MR) is 141 cm³/mol. The number of ether oxygens (including phenoxy) is 2. The van der Waals surface area contributed by atoms with Crippen LogP contribution in [0.15, 0.2) is 58.3 Å². The summed E-state index contributed by atoms with van der Waals surface area (Å²) in [5.74, 6) is -0.999. The molecule has 1 atom stereocenters. The SMILES string of the molecule is CCCCC1(CC)CSc2cc(O/C=C(\F)C(=O)OCC)c(SC)cc2N(c2ccc(F)cc2)C1. The Morgan fingerprint density at radius 1 is 1.23 bits per heavy atom. The summed E-state index contributed by atoms with van der Waals surface area (Å²) >= 11 is 3.24. The van der Waals surface area contributed by atoms with Gasteiger partial charge in [0.25, 0.3) is 0 Å². The molecule has 0 aromatic heterocycles. The summed E-state index contributed by atoms with van der Waals surface area (Å²) in [5, 5.41) is 0. The van der Waals surface area contributed by atoms with Crippen LogP contribution in [0.5, 0.6) is 5.75 Å². The third-order valence-electron chi connectivity index (χ3n) is 6.27. The van der Waals surface area contributed by atoms with Crippen molar-refractivity contribution < 1.29 is 23.0 Å². The van der Waals surface area contributed by atoms with E-state index < -0.39 is 11.8 Å². The molecule has 8 heteroatoms. The van der Waals surface area contributed by atoms with Crippen LogP contribution in [-0.2, 0) is 9.53 Å². The second-order valence-corrected chi connectivity index (χ2v) is 10.4. The fraction of sp³-hybridized carbons (Fsp3) is 0.444. The zero-order valence-electron chi connectivity index (χ0n) is 20.7. The van der Waals surface area contributed by atoms with Crippen molar-refractivity contribution in [2.24, 2.45) is 5.41 Å². The monoisotopic (exact) mass is 521 g/mol. The molecule has 0 saturated carbocycles. The quantitative estimate of drug-likeness (QED) is 0.136. The highest BCUT2D eigenvalue weighted by Gasteiger charge is 2.35. The molecule has 3 rings (SSSR count). The number of carbonyl (C=O) groups excluding carboxylic acids is 1. The first kappa shape index (κ1) is 27.4. The third kappa shape index (κ3) is 6.73. The van der Waals surface area contributed by atoms with Crippen molar-refractivity contribution in [1.29, 1.82) is 0 Å². The normalized spacial score (nSPS) is 18.1. The van der Waals surface area contributed by atoms with E-state index in [1.165, 1.54) is 23.9 Å². The lowest BCUT2D eigenvalue weighted by Crippen LogP contribution is -2.36. The molecule has 4 nitrogen and oxygen atoms in total. The Labute approximate surface area is 215 Å². The van der Waals surface area contributed by atoms with Gasteiger partial charge >= 0.3 is 5.97 Å². The average molecular weight is 522 g/mol. The highest BCUT2D eigenvalue weighted by Crippen LogP contribution is 2.49. The van der Waals surface area contributed by atoms with E-state index in [1.54, 1.807) is 18.7 Å². The predicted octanol–water partition coefficient (Wildman–Crippen LogP) is 8.13. The second-order valence-electron chi connectivity index (χ2n) is 8.58. The summed E-state index contributed by atoms with van der Waals surface area (Å²) in [6.07, 6.45) is 7.12. The highest BCUT2D eigenvalue weighted by atomic mass is 32.2. The topological polar surface area (TPSA) is 38.8 Å². The molecule has 0 bridgehead atoms. The minimum atomic E-state index is -1.08. The van der Waals surface area contributed by atoms with E-state index >= 15 is 0 Å². The van der Waals surface area contributed by atoms with Gasteiger partial charge in [-0.1, -0.05) is 26.7 Å². The lowest BCUT2D eigenvalue weighted by molar-refractivity contribution is -0.140. The number of fused-ring (bicyclic) bond motifs is 1. The number of esters is 1. The summed E-state index contributed by atoms with van der Waals surface area (Å²) in [5.41, 5.74) is 2.03. The molecule has 0 saturated heterocycles. The molecule has 0 fully saturated rings. The largest absolute Gasteiger partial charge is 0.461 e. The first-order valence-corrected chi connectivity index (χ1v) is 14.1. The van der Waals surface area contributed by atoms with E-state index in [1.807, 2.05) is 30.5 Å². The molecule has 0 N–H and O–H groups in total. The number of carbonyl (C=O) groups is 1. The van der Waals surface area contributed by atoms with Crippen molar-refractivity contribution in [3.05, 3.63) is 54.3 Å². The van der Waals surface area contributed by atoms with Gasteiger partial charge in [-0.15, -0.1) is 23.5 Å². The molecule has 0 aliphatic carbocycles. The molecule has 1 heterocycles. The van der Waals surface area contributed by atoms with Gasteiger partial charge in [-0.3, -0.25) is 0 Å². The van der Waals surface area contributed by atoms with Crippen molar-refractivity contribution in [1.82, 2.24) is 0 Å². The van der Waals surface area contributed by atoms with Gasteiger partial charge in [0.2, 0.25) is 5.83 Å². The Balaban J connectivity index is 2.05. The van der Waals surface area contributed by atoms with Crippen LogP contribution in [0.2, 0.25) is 0 Å². The van der Waals surface area contributed by atoms with Crippen LogP contribution in [0.3, 0.4) is 0 Å². The van der Waals surface area contributed by atoms with E-state index in [4.69, 9.17) is 4.74 Å². The molecule has 1 aliphatic heterocycles. The number of nitrogens with zero attached hydrogens (tertiary/aromatic N) is 1. The zero-order valence-corrected chi connectivity index (χ0v) is 22.4. The number of unbranched alkanes of at least 4 members (excludes halogenated alkanes) is 1. The van der Waals surface area contributed by atoms with E-state index in [0.717, 1.165) is 65.4 Å². The number of halogens is 2. The van der Waals surface area contributed by atoms with Crippen LogP contribution in [0.25, 0.3) is 0 Å². The first-order chi connectivity index (χ1) is 16.9. The maximum atomic E-state index is 14.1. The Morgan fingerprint density at radius 3 is 2.60 bits per heavy atom. The lowest BCUT2D eigenvalue weighted by atomic mass is 9.81. The molecule has 190 valence electrons. The van der Waals surface area contributed by atoms with Gasteiger partial charge in [0, 0.05) is 22.9 Å². The van der Waals surface area contributed by atoms with Crippen molar-refractivity contribution >= 4 is 40.9 Å². The summed E-state index contributed by atoms with van der Waals surface area (Å²) in [7, 11) is 0. The molecule has 35 heavy (non-hydrogen) atoms. The van der Waals surface area contributed by atoms with Crippen molar-refractivity contribution in [2.45, 2.75) is 56.2 Å². The molecular weight excluding hydrogens is 488 g/mol. The number of hydrogen-bond donors (Lipinski definition) is 0. The van der Waals surface area contributed by atoms with E-state index in [0.29, 0.717) is 5.75 Å². The maximum absolute atomic E-state index is 14.1. The Hall–Kier alpha value is -2.19. The van der Waals surface area contributed by atoms with E-state index in [9.17, 15) is 13.6 Å². The van der Waals surface area contributed by atoms with Gasteiger partial charge in [-0.2, -0.15) is 4.39 Å². The number of anilines is 2. The highest BCUT2D eigenvalue weighted by molar-refractivity contribution is 7.99. The summed E-state index contributed by atoms with van der Waals surface area (Å²) in [4.78, 5) is 15.7. The lowest BCUT2D eigenvalue weighted by Gasteiger charge is -2.37. The fourth-order valence-electron chi connectivity index (χ4n) is 4.11. The number of rotatable bonds is 10. The summed E-state index contributed by atoms with van der Waals surface area (Å²) in [6.45, 7) is 6.96. The second kappa shape index (κ2) is 12.7. The van der Waals surface area contributed by atoms with Gasteiger partial charge in [0.1, 0.15) is 17.8 Å². The minimum Gasteiger partial charge on any atom is -0.461 e. The first-order valence-electron chi connectivity index (χ1n) is 11.9. The molecule has 0 spiro atoms. The molecule has 0 amide bonds. The van der Waals surface area contributed by atoms with Crippen molar-refractivity contribution in [3.63, 3.8) is 0 Å². The van der Waals surface area contributed by atoms with Gasteiger partial charge in [-0.25, -0.2) is 9.18 Å². The zero-order chi connectivity index (χ0) is 25.4. The van der Waals surface area contributed by atoms with Crippen molar-refractivity contribution in [3.8, 4) is 5.75 Å². The number of hydrogen-bond acceptors (Lipinski definition) is 6. The van der Waals surface area contributed by atoms with Crippen LogP contribution in [-0.4, -0.2) is 31.1 Å². The Morgan fingerprint density at radius 2 is 1.97 bits per heavy atom. The number of thioether (sulfide) groups is 2. The van der Waals surface area contributed by atoms with Gasteiger partial charge < -0.3 is 14.4 Å². The molecule has 1 aliphatic rings. The standard InChI is InChI=1S/C27H33F2NO3S2/c1-5-8-13-27(6-2)17-30(20-11-9-19(28)10-12-20)22-14-25(34-4)23(15-24(22)35-18-27)33-16-21(29)26(31)32-7-3/h9-12,14-16H,5-8,13,17-18H2,1-4H3/b21-16-. The van der Waals surface area contributed by atoms with E-state index in [-0.39, 0.29) is 17.8 Å². The van der Waals surface area contributed by atoms with Crippen LogP contribution in [0.1, 0.15) is 46.5 Å². The molecular formula is C27H33F2NO3S2. The van der Waals surface area contributed by atoms with Gasteiger partial charge in [-0.05, 0) is 67.8 Å². The third-order valence-corrected chi connectivity index (χ3v) is 8.43. The molecule has 1 unspecified atom stereocenters. The van der Waals surface area contributed by atoms with Crippen LogP contribution < -0.4 is 9.64 Å². The van der Waals surface area contributed by atoms with Crippen molar-refractivity contribution in [2.75, 3.05) is 30.1 Å². The molecule has 2 aromatic carbocycles. The smallest absolute Gasteiger partial charge is 0.370 e. The Kier molecular flexibility index (Phi) is 9.92. The minimum absolute atomic E-state index is 0.0854.